The highest BCUT2D eigenvalue weighted by Crippen LogP contribution is 2.21. The fraction of sp³-hybridized carbons (Fsp3) is 0.929. The highest BCUT2D eigenvalue weighted by molar-refractivity contribution is 5.82. The summed E-state index contributed by atoms with van der Waals surface area (Å²) in [5.41, 5.74) is 0.144. The van der Waals surface area contributed by atoms with Gasteiger partial charge < -0.3 is 15.1 Å². The lowest BCUT2D eigenvalue weighted by Gasteiger charge is -2.31. The number of amides is 1. The van der Waals surface area contributed by atoms with Crippen molar-refractivity contribution in [3.63, 3.8) is 0 Å². The molecule has 4 nitrogen and oxygen atoms in total. The Balaban J connectivity index is 2.81. The molecule has 1 N–H and O–H groups in total. The van der Waals surface area contributed by atoms with Crippen LogP contribution in [0.1, 0.15) is 27.7 Å². The summed E-state index contributed by atoms with van der Waals surface area (Å²) in [7, 11) is 4.02. The van der Waals surface area contributed by atoms with Crippen LogP contribution >= 0.6 is 0 Å². The second-order valence-electron chi connectivity index (χ2n) is 6.97. The van der Waals surface area contributed by atoms with Crippen molar-refractivity contribution in [1.29, 1.82) is 0 Å². The van der Waals surface area contributed by atoms with Gasteiger partial charge in [-0.3, -0.25) is 4.79 Å². The lowest BCUT2D eigenvalue weighted by atomic mass is 9.93. The molecule has 1 saturated heterocycles. The molecule has 0 aromatic rings. The van der Waals surface area contributed by atoms with E-state index >= 15 is 0 Å². The van der Waals surface area contributed by atoms with Gasteiger partial charge in [0.25, 0.3) is 0 Å². The Hall–Kier alpha value is -0.610. The van der Waals surface area contributed by atoms with E-state index in [0.29, 0.717) is 5.92 Å². The van der Waals surface area contributed by atoms with Crippen molar-refractivity contribution in [3.05, 3.63) is 0 Å². The van der Waals surface area contributed by atoms with Crippen LogP contribution < -0.4 is 5.32 Å². The predicted molar refractivity (Wildman–Crippen MR) is 75.5 cm³/mol. The molecule has 1 aliphatic heterocycles. The van der Waals surface area contributed by atoms with Crippen molar-refractivity contribution in [2.45, 2.75) is 33.7 Å². The number of likely N-dealkylation sites (N-methyl/N-ethyl adjacent to an activating group) is 1. The van der Waals surface area contributed by atoms with Gasteiger partial charge in [0.1, 0.15) is 0 Å². The molecule has 0 spiro atoms. The Morgan fingerprint density at radius 1 is 1.44 bits per heavy atom. The molecule has 18 heavy (non-hydrogen) atoms. The lowest BCUT2D eigenvalue weighted by Crippen LogP contribution is -2.49. The molecule has 1 rings (SSSR count). The van der Waals surface area contributed by atoms with Crippen LogP contribution in [0.5, 0.6) is 0 Å². The van der Waals surface area contributed by atoms with E-state index in [2.05, 4.69) is 37.9 Å². The quantitative estimate of drug-likeness (QED) is 0.815. The van der Waals surface area contributed by atoms with E-state index in [1.807, 2.05) is 19.0 Å². The number of carbonyl (C=O) groups is 1. The van der Waals surface area contributed by atoms with Crippen LogP contribution in [-0.4, -0.2) is 62.0 Å². The predicted octanol–water partition coefficient (Wildman–Crippen LogP) is 1.03. The average Bonchev–Trinajstić information content (AvgIpc) is 2.28. The Labute approximate surface area is 112 Å². The fourth-order valence-electron chi connectivity index (χ4n) is 2.46. The van der Waals surface area contributed by atoms with Crippen LogP contribution in [0.3, 0.4) is 0 Å². The maximum atomic E-state index is 12.5. The number of nitrogens with zero attached hydrogens (tertiary/aromatic N) is 2. The molecule has 1 amide bonds. The van der Waals surface area contributed by atoms with Gasteiger partial charge >= 0.3 is 0 Å². The van der Waals surface area contributed by atoms with Crippen molar-refractivity contribution in [2.75, 3.05) is 40.3 Å². The largest absolute Gasteiger partial charge is 0.340 e. The number of hydrogen-bond acceptors (Lipinski definition) is 3. The molecule has 1 unspecified atom stereocenters. The smallest absolute Gasteiger partial charge is 0.241 e. The van der Waals surface area contributed by atoms with Crippen LogP contribution in [-0.2, 0) is 4.79 Å². The van der Waals surface area contributed by atoms with Gasteiger partial charge in [-0.15, -0.1) is 0 Å². The summed E-state index contributed by atoms with van der Waals surface area (Å²) >= 11 is 0. The molecule has 1 atom stereocenters. The van der Waals surface area contributed by atoms with Crippen molar-refractivity contribution >= 4 is 5.91 Å². The highest BCUT2D eigenvalue weighted by atomic mass is 16.2. The molecule has 4 heteroatoms. The summed E-state index contributed by atoms with van der Waals surface area (Å²) in [4.78, 5) is 16.7. The van der Waals surface area contributed by atoms with E-state index in [-0.39, 0.29) is 17.4 Å². The van der Waals surface area contributed by atoms with Crippen LogP contribution in [0.15, 0.2) is 0 Å². The number of rotatable bonds is 4. The average molecular weight is 255 g/mol. The first kappa shape index (κ1) is 15.4. The molecule has 0 bridgehead atoms. The second-order valence-corrected chi connectivity index (χ2v) is 6.97. The van der Waals surface area contributed by atoms with Gasteiger partial charge in [-0.2, -0.15) is 0 Å². The van der Waals surface area contributed by atoms with Crippen LogP contribution in [0.2, 0.25) is 0 Å². The maximum absolute atomic E-state index is 12.5. The third-order valence-electron chi connectivity index (χ3n) is 3.19. The molecule has 0 aliphatic carbocycles. The first-order valence-corrected chi connectivity index (χ1v) is 6.88. The van der Waals surface area contributed by atoms with E-state index in [9.17, 15) is 4.79 Å². The van der Waals surface area contributed by atoms with E-state index in [0.717, 1.165) is 26.2 Å². The highest BCUT2D eigenvalue weighted by Gasteiger charge is 2.34. The van der Waals surface area contributed by atoms with Crippen LogP contribution in [0.4, 0.5) is 0 Å². The Morgan fingerprint density at radius 3 is 2.56 bits per heavy atom. The molecular weight excluding hydrogens is 226 g/mol. The van der Waals surface area contributed by atoms with Crippen molar-refractivity contribution in [2.24, 2.45) is 11.3 Å². The molecule has 1 heterocycles. The lowest BCUT2D eigenvalue weighted by molar-refractivity contribution is -0.134. The maximum Gasteiger partial charge on any atom is 0.241 e. The Morgan fingerprint density at radius 2 is 2.06 bits per heavy atom. The van der Waals surface area contributed by atoms with Crippen LogP contribution in [0, 0.1) is 11.3 Å². The monoisotopic (exact) mass is 255 g/mol. The third-order valence-corrected chi connectivity index (χ3v) is 3.19. The van der Waals surface area contributed by atoms with Crippen molar-refractivity contribution < 1.29 is 4.79 Å². The van der Waals surface area contributed by atoms with Gasteiger partial charge in [0, 0.05) is 26.2 Å². The minimum Gasteiger partial charge on any atom is -0.340 e. The third kappa shape index (κ3) is 4.58. The Bertz CT molecular complexity index is 287. The summed E-state index contributed by atoms with van der Waals surface area (Å²) in [5.74, 6) is 0.769. The molecule has 0 aromatic carbocycles. The molecule has 0 aromatic heterocycles. The summed E-state index contributed by atoms with van der Waals surface area (Å²) in [6, 6.07) is -0.0690. The van der Waals surface area contributed by atoms with E-state index in [1.165, 1.54) is 0 Å². The summed E-state index contributed by atoms with van der Waals surface area (Å²) < 4.78 is 0. The fourth-order valence-corrected chi connectivity index (χ4v) is 2.46. The van der Waals surface area contributed by atoms with Crippen LogP contribution in [0.25, 0.3) is 0 Å². The van der Waals surface area contributed by atoms with E-state index in [1.54, 1.807) is 0 Å². The van der Waals surface area contributed by atoms with Crippen molar-refractivity contribution in [3.8, 4) is 0 Å². The minimum absolute atomic E-state index is 0.0690. The molecular formula is C14H29N3O. The summed E-state index contributed by atoms with van der Waals surface area (Å²) in [6.45, 7) is 12.1. The SMILES string of the molecule is CC(C)CN1CC(C)(C)CNC(CN(C)C)C1=O. The number of nitrogens with one attached hydrogen (secondary N) is 1. The van der Waals surface area contributed by atoms with E-state index < -0.39 is 0 Å². The molecule has 0 radical (unpaired) electrons. The second kappa shape index (κ2) is 6.02. The normalized spacial score (nSPS) is 24.8. The topological polar surface area (TPSA) is 35.6 Å². The van der Waals surface area contributed by atoms with Gasteiger partial charge in [0.15, 0.2) is 0 Å². The first-order chi connectivity index (χ1) is 8.21. The van der Waals surface area contributed by atoms with E-state index in [4.69, 9.17) is 0 Å². The molecule has 1 aliphatic rings. The zero-order chi connectivity index (χ0) is 13.9. The van der Waals surface area contributed by atoms with Crippen molar-refractivity contribution in [1.82, 2.24) is 15.1 Å². The molecule has 0 saturated carbocycles. The summed E-state index contributed by atoms with van der Waals surface area (Å²) in [5, 5.41) is 3.42. The molecule has 1 fully saturated rings. The number of hydrogen-bond donors (Lipinski definition) is 1. The minimum atomic E-state index is -0.0690. The van der Waals surface area contributed by atoms with Gasteiger partial charge in [-0.05, 0) is 25.4 Å². The summed E-state index contributed by atoms with van der Waals surface area (Å²) in [6.07, 6.45) is 0. The molecule has 106 valence electrons. The van der Waals surface area contributed by atoms with Gasteiger partial charge in [0.05, 0.1) is 6.04 Å². The first-order valence-electron chi connectivity index (χ1n) is 6.88. The zero-order valence-corrected chi connectivity index (χ0v) is 12.8. The standard InChI is InChI=1S/C14H29N3O/c1-11(2)7-17-10-14(3,4)9-15-12(13(17)18)8-16(5)6/h11-12,15H,7-10H2,1-6H3. The van der Waals surface area contributed by atoms with Gasteiger partial charge in [-0.1, -0.05) is 27.7 Å². The Kier molecular flexibility index (Phi) is 5.17. The number of carbonyl (C=O) groups excluding carboxylic acids is 1. The van der Waals surface area contributed by atoms with Gasteiger partial charge in [0.2, 0.25) is 5.91 Å². The van der Waals surface area contributed by atoms with Gasteiger partial charge in [-0.25, -0.2) is 0 Å². The zero-order valence-electron chi connectivity index (χ0n) is 12.8.